The lowest BCUT2D eigenvalue weighted by atomic mass is 9.77. The average Bonchev–Trinajstić information content (AvgIpc) is 2.67. The first-order chi connectivity index (χ1) is 13.4. The molecule has 1 aliphatic heterocycles. The number of hydrogen-bond donors (Lipinski definition) is 1. The predicted octanol–water partition coefficient (Wildman–Crippen LogP) is 3.66. The lowest BCUT2D eigenvalue weighted by molar-refractivity contribution is -0.122. The SMILES string of the molecule is NC(=O)CC1(COc2ccc(Cl)cc2)CCCN(C(=O)c2ccccc2F)C1. The molecule has 0 spiro atoms. The second-order valence-electron chi connectivity index (χ2n) is 7.20. The van der Waals surface area contributed by atoms with E-state index in [-0.39, 0.29) is 25.1 Å². The molecule has 0 bridgehead atoms. The van der Waals surface area contributed by atoms with E-state index in [1.807, 2.05) is 0 Å². The largest absolute Gasteiger partial charge is 0.493 e. The Kier molecular flexibility index (Phi) is 6.19. The van der Waals surface area contributed by atoms with Crippen LogP contribution in [-0.4, -0.2) is 36.4 Å². The lowest BCUT2D eigenvalue weighted by Gasteiger charge is -2.42. The number of carbonyl (C=O) groups is 2. The summed E-state index contributed by atoms with van der Waals surface area (Å²) in [4.78, 5) is 26.1. The maximum Gasteiger partial charge on any atom is 0.256 e. The number of benzene rings is 2. The van der Waals surface area contributed by atoms with Crippen LogP contribution in [-0.2, 0) is 4.79 Å². The summed E-state index contributed by atoms with van der Waals surface area (Å²) in [5.41, 5.74) is 4.88. The molecule has 148 valence electrons. The third kappa shape index (κ3) is 4.81. The monoisotopic (exact) mass is 404 g/mol. The third-order valence-electron chi connectivity index (χ3n) is 4.96. The van der Waals surface area contributed by atoms with Gasteiger partial charge in [0.25, 0.3) is 5.91 Å². The van der Waals surface area contributed by atoms with Gasteiger partial charge in [0.05, 0.1) is 12.2 Å². The number of hydrogen-bond acceptors (Lipinski definition) is 3. The molecule has 1 heterocycles. The molecular formula is C21H22ClFN2O3. The normalized spacial score (nSPS) is 19.3. The van der Waals surface area contributed by atoms with Gasteiger partial charge in [0.15, 0.2) is 0 Å². The molecule has 5 nitrogen and oxygen atoms in total. The molecule has 0 aliphatic carbocycles. The minimum atomic E-state index is -0.620. The van der Waals surface area contributed by atoms with Crippen LogP contribution < -0.4 is 10.5 Å². The van der Waals surface area contributed by atoms with E-state index in [2.05, 4.69) is 0 Å². The highest BCUT2D eigenvalue weighted by molar-refractivity contribution is 6.30. The summed E-state index contributed by atoms with van der Waals surface area (Å²) in [7, 11) is 0. The van der Waals surface area contributed by atoms with Gasteiger partial charge in [0, 0.05) is 29.9 Å². The van der Waals surface area contributed by atoms with E-state index in [1.54, 1.807) is 41.3 Å². The highest BCUT2D eigenvalue weighted by Gasteiger charge is 2.40. The molecule has 0 aromatic heterocycles. The van der Waals surface area contributed by atoms with Gasteiger partial charge in [-0.15, -0.1) is 0 Å². The summed E-state index contributed by atoms with van der Waals surface area (Å²) in [6.07, 6.45) is 1.45. The minimum absolute atomic E-state index is 0.0241. The first kappa shape index (κ1) is 20.1. The summed E-state index contributed by atoms with van der Waals surface area (Å²) < 4.78 is 19.9. The highest BCUT2D eigenvalue weighted by Crippen LogP contribution is 2.35. The van der Waals surface area contributed by atoms with E-state index in [0.29, 0.717) is 30.2 Å². The predicted molar refractivity (Wildman–Crippen MR) is 105 cm³/mol. The smallest absolute Gasteiger partial charge is 0.256 e. The van der Waals surface area contributed by atoms with Crippen LogP contribution in [0.5, 0.6) is 5.75 Å². The van der Waals surface area contributed by atoms with Gasteiger partial charge in [-0.2, -0.15) is 0 Å². The number of amides is 2. The van der Waals surface area contributed by atoms with Gasteiger partial charge in [0.1, 0.15) is 11.6 Å². The average molecular weight is 405 g/mol. The molecule has 1 atom stereocenters. The molecule has 1 aliphatic rings. The molecule has 28 heavy (non-hydrogen) atoms. The van der Waals surface area contributed by atoms with Crippen molar-refractivity contribution in [1.29, 1.82) is 0 Å². The fraction of sp³-hybridized carbons (Fsp3) is 0.333. The Morgan fingerprint density at radius 3 is 2.57 bits per heavy atom. The van der Waals surface area contributed by atoms with Crippen molar-refractivity contribution in [2.45, 2.75) is 19.3 Å². The Balaban J connectivity index is 1.77. The first-order valence-electron chi connectivity index (χ1n) is 9.09. The summed E-state index contributed by atoms with van der Waals surface area (Å²) in [5, 5.41) is 0.596. The van der Waals surface area contributed by atoms with E-state index in [9.17, 15) is 14.0 Å². The number of nitrogens with zero attached hydrogens (tertiary/aromatic N) is 1. The van der Waals surface area contributed by atoms with E-state index in [1.165, 1.54) is 12.1 Å². The Labute approximate surface area is 168 Å². The number of primary amides is 1. The Morgan fingerprint density at radius 2 is 1.89 bits per heavy atom. The lowest BCUT2D eigenvalue weighted by Crippen LogP contribution is -2.50. The molecule has 2 aromatic rings. The van der Waals surface area contributed by atoms with Gasteiger partial charge in [0.2, 0.25) is 5.91 Å². The highest BCUT2D eigenvalue weighted by atomic mass is 35.5. The standard InChI is InChI=1S/C21H22ClFN2O3/c22-15-6-8-16(9-7-15)28-14-21(12-19(24)26)10-3-11-25(13-21)20(27)17-4-1-2-5-18(17)23/h1-2,4-9H,3,10-14H2,(H2,24,26). The molecule has 0 saturated carbocycles. The van der Waals surface area contributed by atoms with Crippen molar-refractivity contribution in [2.75, 3.05) is 19.7 Å². The molecule has 1 unspecified atom stereocenters. The molecule has 2 N–H and O–H groups in total. The number of halogens is 2. The zero-order chi connectivity index (χ0) is 20.1. The molecule has 2 amide bonds. The van der Waals surface area contributed by atoms with Crippen LogP contribution in [0, 0.1) is 11.2 Å². The third-order valence-corrected chi connectivity index (χ3v) is 5.21. The van der Waals surface area contributed by atoms with Crippen LogP contribution in [0.15, 0.2) is 48.5 Å². The molecular weight excluding hydrogens is 383 g/mol. The van der Waals surface area contributed by atoms with Crippen LogP contribution in [0.25, 0.3) is 0 Å². The molecule has 0 radical (unpaired) electrons. The van der Waals surface area contributed by atoms with E-state index < -0.39 is 23.0 Å². The second-order valence-corrected chi connectivity index (χ2v) is 7.63. The van der Waals surface area contributed by atoms with Crippen molar-refractivity contribution in [3.05, 3.63) is 64.9 Å². The van der Waals surface area contributed by atoms with Crippen molar-refractivity contribution in [2.24, 2.45) is 11.1 Å². The maximum absolute atomic E-state index is 14.0. The molecule has 1 fully saturated rings. The van der Waals surface area contributed by atoms with Crippen molar-refractivity contribution in [3.63, 3.8) is 0 Å². The molecule has 7 heteroatoms. The number of likely N-dealkylation sites (tertiary alicyclic amines) is 1. The number of nitrogens with two attached hydrogens (primary N) is 1. The zero-order valence-electron chi connectivity index (χ0n) is 15.4. The van der Waals surface area contributed by atoms with E-state index >= 15 is 0 Å². The van der Waals surface area contributed by atoms with Crippen molar-refractivity contribution in [1.82, 2.24) is 4.90 Å². The molecule has 2 aromatic carbocycles. The van der Waals surface area contributed by atoms with E-state index in [0.717, 1.165) is 0 Å². The maximum atomic E-state index is 14.0. The zero-order valence-corrected chi connectivity index (χ0v) is 16.1. The fourth-order valence-electron chi connectivity index (χ4n) is 3.64. The summed E-state index contributed by atoms with van der Waals surface area (Å²) in [5.74, 6) is -0.792. The van der Waals surface area contributed by atoms with Crippen LogP contribution in [0.4, 0.5) is 4.39 Å². The van der Waals surface area contributed by atoms with Crippen molar-refractivity contribution >= 4 is 23.4 Å². The topological polar surface area (TPSA) is 72.6 Å². The number of rotatable bonds is 6. The van der Waals surface area contributed by atoms with Crippen LogP contribution in [0.1, 0.15) is 29.6 Å². The van der Waals surface area contributed by atoms with Gasteiger partial charge >= 0.3 is 0 Å². The Bertz CT molecular complexity index is 859. The Morgan fingerprint density at radius 1 is 1.18 bits per heavy atom. The van der Waals surface area contributed by atoms with Gasteiger partial charge in [-0.25, -0.2) is 4.39 Å². The van der Waals surface area contributed by atoms with Crippen LogP contribution >= 0.6 is 11.6 Å². The second kappa shape index (κ2) is 8.61. The van der Waals surface area contributed by atoms with Crippen molar-refractivity contribution < 1.29 is 18.7 Å². The first-order valence-corrected chi connectivity index (χ1v) is 9.47. The summed E-state index contributed by atoms with van der Waals surface area (Å²) in [6.45, 7) is 0.990. The van der Waals surface area contributed by atoms with Gasteiger partial charge in [-0.05, 0) is 49.2 Å². The number of carbonyl (C=O) groups excluding carboxylic acids is 2. The van der Waals surface area contributed by atoms with Crippen LogP contribution in [0.2, 0.25) is 5.02 Å². The van der Waals surface area contributed by atoms with Gasteiger partial charge in [-0.3, -0.25) is 9.59 Å². The quantitative estimate of drug-likeness (QED) is 0.798. The van der Waals surface area contributed by atoms with Crippen LogP contribution in [0.3, 0.4) is 0 Å². The van der Waals surface area contributed by atoms with Gasteiger partial charge < -0.3 is 15.4 Å². The number of ether oxygens (including phenoxy) is 1. The number of piperidine rings is 1. The Hall–Kier alpha value is -2.60. The molecule has 3 rings (SSSR count). The van der Waals surface area contributed by atoms with E-state index in [4.69, 9.17) is 22.1 Å². The van der Waals surface area contributed by atoms with Crippen molar-refractivity contribution in [3.8, 4) is 5.75 Å². The molecule has 1 saturated heterocycles. The minimum Gasteiger partial charge on any atom is -0.493 e. The summed E-state index contributed by atoms with van der Waals surface area (Å²) >= 11 is 5.89. The summed E-state index contributed by atoms with van der Waals surface area (Å²) in [6, 6.07) is 12.8. The van der Waals surface area contributed by atoms with Gasteiger partial charge in [-0.1, -0.05) is 23.7 Å². The fourth-order valence-corrected chi connectivity index (χ4v) is 3.76.